The number of aromatic nitrogens is 2. The van der Waals surface area contributed by atoms with E-state index in [9.17, 15) is 4.79 Å². The normalized spacial score (nSPS) is 11.3. The Morgan fingerprint density at radius 2 is 1.43 bits per heavy atom. The van der Waals surface area contributed by atoms with Crippen LogP contribution in [0.2, 0.25) is 0 Å². The smallest absolute Gasteiger partial charge is 0.347 e. The summed E-state index contributed by atoms with van der Waals surface area (Å²) in [5.41, 5.74) is 4.08. The molecule has 0 saturated heterocycles. The zero-order valence-electron chi connectivity index (χ0n) is 15.2. The summed E-state index contributed by atoms with van der Waals surface area (Å²) in [5.74, 6) is 0. The highest BCUT2D eigenvalue weighted by molar-refractivity contribution is 6.03. The number of para-hydroxylation sites is 1. The van der Waals surface area contributed by atoms with Crippen LogP contribution in [0.3, 0.4) is 0 Å². The van der Waals surface area contributed by atoms with Crippen LogP contribution in [0.15, 0.2) is 94.1 Å². The van der Waals surface area contributed by atoms with Gasteiger partial charge in [0.2, 0.25) is 0 Å². The fourth-order valence-electron chi connectivity index (χ4n) is 3.69. The van der Waals surface area contributed by atoms with Crippen molar-refractivity contribution in [1.82, 2.24) is 9.78 Å². The Balaban J connectivity index is 1.76. The summed E-state index contributed by atoms with van der Waals surface area (Å²) in [6.45, 7) is 0.597. The molecule has 0 N–H and O–H groups in total. The van der Waals surface area contributed by atoms with E-state index in [0.717, 1.165) is 27.7 Å². The highest BCUT2D eigenvalue weighted by atomic mass is 16.4. The summed E-state index contributed by atoms with van der Waals surface area (Å²) in [5, 5.41) is 6.32. The predicted molar refractivity (Wildman–Crippen MR) is 111 cm³/mol. The summed E-state index contributed by atoms with van der Waals surface area (Å²) in [6, 6.07) is 27.9. The van der Waals surface area contributed by atoms with Crippen LogP contribution in [-0.2, 0) is 13.0 Å². The van der Waals surface area contributed by atoms with Crippen molar-refractivity contribution in [3.8, 4) is 0 Å². The summed E-state index contributed by atoms with van der Waals surface area (Å²) in [6.07, 6.45) is 0.586. The number of nitrogens with zero attached hydrogens (tertiary/aromatic N) is 2. The Kier molecular flexibility index (Phi) is 4.02. The van der Waals surface area contributed by atoms with Gasteiger partial charge in [0.25, 0.3) is 0 Å². The first-order valence-corrected chi connectivity index (χ1v) is 9.29. The maximum Gasteiger partial charge on any atom is 0.347 e. The quantitative estimate of drug-likeness (QED) is 0.430. The van der Waals surface area contributed by atoms with Crippen LogP contribution in [0.4, 0.5) is 0 Å². The lowest BCUT2D eigenvalue weighted by atomic mass is 10.1. The van der Waals surface area contributed by atoms with E-state index in [4.69, 9.17) is 9.52 Å². The van der Waals surface area contributed by atoms with E-state index in [1.807, 2.05) is 77.5 Å². The van der Waals surface area contributed by atoms with Crippen molar-refractivity contribution in [3.05, 3.63) is 112 Å². The second-order valence-corrected chi connectivity index (χ2v) is 6.86. The molecule has 5 rings (SSSR count). The van der Waals surface area contributed by atoms with Crippen molar-refractivity contribution in [2.75, 3.05) is 0 Å². The Hall–Kier alpha value is -3.66. The molecule has 0 bridgehead atoms. The summed E-state index contributed by atoms with van der Waals surface area (Å²) in [4.78, 5) is 12.8. The fourth-order valence-corrected chi connectivity index (χ4v) is 3.69. The van der Waals surface area contributed by atoms with Crippen molar-refractivity contribution < 1.29 is 4.42 Å². The number of rotatable bonds is 4. The molecular weight excluding hydrogens is 348 g/mol. The lowest BCUT2D eigenvalue weighted by Crippen LogP contribution is -2.04. The zero-order valence-corrected chi connectivity index (χ0v) is 15.2. The third kappa shape index (κ3) is 2.89. The van der Waals surface area contributed by atoms with Gasteiger partial charge in [0.1, 0.15) is 11.0 Å². The molecule has 0 atom stereocenters. The number of benzene rings is 3. The molecule has 0 spiro atoms. The molecule has 0 radical (unpaired) electrons. The Morgan fingerprint density at radius 1 is 0.786 bits per heavy atom. The lowest BCUT2D eigenvalue weighted by Gasteiger charge is -2.05. The SMILES string of the molecule is O=c1oc2ccccc2c2c1c(Cc1ccccc1)nn2Cc1ccccc1. The van der Waals surface area contributed by atoms with Crippen LogP contribution in [0.25, 0.3) is 21.9 Å². The molecule has 3 aromatic carbocycles. The molecule has 2 aromatic heterocycles. The largest absolute Gasteiger partial charge is 0.422 e. The standard InChI is InChI=1S/C24H18N2O2/c27-24-22-20(15-17-9-3-1-4-10-17)25-26(16-18-11-5-2-6-12-18)23(22)19-13-7-8-14-21(19)28-24/h1-14H,15-16H2. The van der Waals surface area contributed by atoms with Gasteiger partial charge >= 0.3 is 5.63 Å². The van der Waals surface area contributed by atoms with Crippen LogP contribution < -0.4 is 5.63 Å². The van der Waals surface area contributed by atoms with Gasteiger partial charge in [-0.1, -0.05) is 72.8 Å². The molecule has 0 fully saturated rings. The Labute approximate surface area is 161 Å². The monoisotopic (exact) mass is 366 g/mol. The maximum absolute atomic E-state index is 12.8. The molecule has 0 saturated carbocycles. The van der Waals surface area contributed by atoms with Crippen LogP contribution in [-0.4, -0.2) is 9.78 Å². The summed E-state index contributed by atoms with van der Waals surface area (Å²) >= 11 is 0. The van der Waals surface area contributed by atoms with Gasteiger partial charge in [0, 0.05) is 11.8 Å². The highest BCUT2D eigenvalue weighted by Crippen LogP contribution is 2.27. The van der Waals surface area contributed by atoms with Crippen molar-refractivity contribution in [2.24, 2.45) is 0 Å². The van der Waals surface area contributed by atoms with E-state index in [1.165, 1.54) is 0 Å². The lowest BCUT2D eigenvalue weighted by molar-refractivity contribution is 0.569. The van der Waals surface area contributed by atoms with Crippen LogP contribution in [0.5, 0.6) is 0 Å². The van der Waals surface area contributed by atoms with E-state index in [1.54, 1.807) is 0 Å². The van der Waals surface area contributed by atoms with Gasteiger partial charge in [0.05, 0.1) is 17.8 Å². The topological polar surface area (TPSA) is 48.0 Å². The average molecular weight is 366 g/mol. The first-order chi connectivity index (χ1) is 13.8. The predicted octanol–water partition coefficient (Wildman–Crippen LogP) is 4.78. The van der Waals surface area contributed by atoms with E-state index < -0.39 is 0 Å². The van der Waals surface area contributed by atoms with Crippen molar-refractivity contribution in [2.45, 2.75) is 13.0 Å². The second kappa shape index (κ2) is 6.82. The van der Waals surface area contributed by atoms with Gasteiger partial charge in [-0.3, -0.25) is 4.68 Å². The molecule has 136 valence electrons. The van der Waals surface area contributed by atoms with Gasteiger partial charge in [-0.05, 0) is 23.3 Å². The average Bonchev–Trinajstić information content (AvgIpc) is 3.08. The summed E-state index contributed by atoms with van der Waals surface area (Å²) in [7, 11) is 0. The van der Waals surface area contributed by atoms with E-state index in [0.29, 0.717) is 23.9 Å². The number of fused-ring (bicyclic) bond motifs is 3. The van der Waals surface area contributed by atoms with Crippen LogP contribution >= 0.6 is 0 Å². The number of hydrogen-bond donors (Lipinski definition) is 0. The van der Waals surface area contributed by atoms with Gasteiger partial charge < -0.3 is 4.42 Å². The first-order valence-electron chi connectivity index (χ1n) is 9.29. The molecule has 0 unspecified atom stereocenters. The van der Waals surface area contributed by atoms with Crippen LogP contribution in [0, 0.1) is 0 Å². The molecular formula is C24H18N2O2. The van der Waals surface area contributed by atoms with Gasteiger partial charge in [-0.15, -0.1) is 0 Å². The summed E-state index contributed by atoms with van der Waals surface area (Å²) < 4.78 is 7.54. The van der Waals surface area contributed by atoms with Crippen molar-refractivity contribution in [1.29, 1.82) is 0 Å². The van der Waals surface area contributed by atoms with Gasteiger partial charge in [0.15, 0.2) is 0 Å². The maximum atomic E-state index is 12.8. The highest BCUT2D eigenvalue weighted by Gasteiger charge is 2.19. The molecule has 0 amide bonds. The molecule has 4 heteroatoms. The molecule has 28 heavy (non-hydrogen) atoms. The van der Waals surface area contributed by atoms with E-state index in [-0.39, 0.29) is 5.63 Å². The van der Waals surface area contributed by atoms with Gasteiger partial charge in [-0.25, -0.2) is 4.79 Å². The third-order valence-corrected chi connectivity index (χ3v) is 4.96. The van der Waals surface area contributed by atoms with Gasteiger partial charge in [-0.2, -0.15) is 5.10 Å². The molecule has 0 aliphatic rings. The van der Waals surface area contributed by atoms with Crippen molar-refractivity contribution >= 4 is 21.9 Å². The third-order valence-electron chi connectivity index (χ3n) is 4.96. The Bertz CT molecular complexity index is 1320. The fraction of sp³-hybridized carbons (Fsp3) is 0.0833. The minimum Gasteiger partial charge on any atom is -0.422 e. The minimum atomic E-state index is -0.334. The first kappa shape index (κ1) is 16.5. The van der Waals surface area contributed by atoms with Crippen LogP contribution in [0.1, 0.15) is 16.8 Å². The zero-order chi connectivity index (χ0) is 18.9. The molecule has 4 nitrogen and oxygen atoms in total. The Morgan fingerprint density at radius 3 is 2.18 bits per heavy atom. The van der Waals surface area contributed by atoms with E-state index in [2.05, 4.69) is 12.1 Å². The molecule has 2 heterocycles. The van der Waals surface area contributed by atoms with Crippen molar-refractivity contribution in [3.63, 3.8) is 0 Å². The minimum absolute atomic E-state index is 0.334. The number of hydrogen-bond acceptors (Lipinski definition) is 3. The molecule has 5 aromatic rings. The van der Waals surface area contributed by atoms with E-state index >= 15 is 0 Å². The molecule has 0 aliphatic carbocycles. The molecule has 0 aliphatic heterocycles. The second-order valence-electron chi connectivity index (χ2n) is 6.86.